The number of nitrogens with one attached hydrogen (secondary N) is 1. The van der Waals surface area contributed by atoms with Gasteiger partial charge in [-0.2, -0.15) is 5.10 Å². The highest BCUT2D eigenvalue weighted by Gasteiger charge is 2.24. The predicted molar refractivity (Wildman–Crippen MR) is 92.4 cm³/mol. The maximum atomic E-state index is 11.1. The van der Waals surface area contributed by atoms with Crippen molar-refractivity contribution in [2.75, 3.05) is 0 Å². The Morgan fingerprint density at radius 1 is 1.04 bits per heavy atom. The molecule has 0 fully saturated rings. The number of fused-ring (bicyclic) bond motifs is 1. The lowest BCUT2D eigenvalue weighted by Crippen LogP contribution is -2.27. The number of urea groups is 1. The van der Waals surface area contributed by atoms with Gasteiger partial charge in [0.15, 0.2) is 0 Å². The highest BCUT2D eigenvalue weighted by molar-refractivity contribution is 6.05. The molecule has 0 saturated carbocycles. The van der Waals surface area contributed by atoms with Crippen LogP contribution >= 0.6 is 0 Å². The van der Waals surface area contributed by atoms with Crippen LogP contribution in [0, 0.1) is 0 Å². The molecule has 3 N–H and O–H groups in total. The first-order chi connectivity index (χ1) is 11.3. The minimum Gasteiger partial charge on any atom is -0.350 e. The molecule has 0 unspecified atom stereocenters. The molecule has 1 aliphatic carbocycles. The molecule has 2 aromatic rings. The molecular formula is C19H21N3O. The van der Waals surface area contributed by atoms with Crippen LogP contribution in [0.25, 0.3) is 0 Å². The second-order valence-electron chi connectivity index (χ2n) is 5.84. The van der Waals surface area contributed by atoms with E-state index in [4.69, 9.17) is 5.73 Å². The van der Waals surface area contributed by atoms with E-state index < -0.39 is 6.03 Å². The number of carbonyl (C=O) groups excluding carboxylic acids is 1. The molecule has 0 saturated heterocycles. The summed E-state index contributed by atoms with van der Waals surface area (Å²) < 4.78 is 0. The van der Waals surface area contributed by atoms with Crippen LogP contribution in [0.3, 0.4) is 0 Å². The van der Waals surface area contributed by atoms with E-state index in [1.54, 1.807) is 0 Å². The number of primary amides is 1. The van der Waals surface area contributed by atoms with Crippen LogP contribution in [0.2, 0.25) is 0 Å². The average Bonchev–Trinajstić information content (AvgIpc) is 2.79. The largest absolute Gasteiger partial charge is 0.350 e. The van der Waals surface area contributed by atoms with Gasteiger partial charge in [0.1, 0.15) is 0 Å². The highest BCUT2D eigenvalue weighted by Crippen LogP contribution is 2.33. The van der Waals surface area contributed by atoms with Gasteiger partial charge in [0.25, 0.3) is 0 Å². The van der Waals surface area contributed by atoms with Crippen LogP contribution in [0.4, 0.5) is 4.79 Å². The lowest BCUT2D eigenvalue weighted by atomic mass is 9.85. The summed E-state index contributed by atoms with van der Waals surface area (Å²) >= 11 is 0. The van der Waals surface area contributed by atoms with Crippen molar-refractivity contribution >= 4 is 11.7 Å². The second kappa shape index (κ2) is 7.09. The molecule has 3 rings (SSSR count). The van der Waals surface area contributed by atoms with E-state index in [0.717, 1.165) is 30.5 Å². The van der Waals surface area contributed by atoms with E-state index in [2.05, 4.69) is 34.8 Å². The standard InChI is InChI=1S/C19H21N3O/c20-19(23)22-21-18(15-10-2-1-3-11-15)17-13-7-5-9-14-8-4-6-12-16(14)17/h1-4,6,8,10-12,17H,5,7,9,13H2,(H3,20,22,23)/b21-18+/t17-/m0/s1. The fourth-order valence-corrected chi connectivity index (χ4v) is 3.27. The third-order valence-electron chi connectivity index (χ3n) is 4.31. The molecule has 1 atom stereocenters. The number of hydrazone groups is 1. The van der Waals surface area contributed by atoms with Gasteiger partial charge in [-0.05, 0) is 36.0 Å². The lowest BCUT2D eigenvalue weighted by molar-refractivity contribution is 0.249. The van der Waals surface area contributed by atoms with Gasteiger partial charge in [-0.25, -0.2) is 10.2 Å². The van der Waals surface area contributed by atoms with Gasteiger partial charge in [-0.15, -0.1) is 0 Å². The zero-order chi connectivity index (χ0) is 16.1. The summed E-state index contributed by atoms with van der Waals surface area (Å²) in [6.07, 6.45) is 4.43. The SMILES string of the molecule is NC(=O)N/N=C(\c1ccccc1)[C@H]1CCCCc2ccccc21. The summed E-state index contributed by atoms with van der Waals surface area (Å²) in [5.41, 5.74) is 12.2. The van der Waals surface area contributed by atoms with E-state index in [-0.39, 0.29) is 5.92 Å². The van der Waals surface area contributed by atoms with Crippen LogP contribution in [0.15, 0.2) is 59.7 Å². The molecular weight excluding hydrogens is 286 g/mol. The summed E-state index contributed by atoms with van der Waals surface area (Å²) in [6.45, 7) is 0. The number of carbonyl (C=O) groups is 1. The number of aryl methyl sites for hydroxylation is 1. The minimum absolute atomic E-state index is 0.169. The fourth-order valence-electron chi connectivity index (χ4n) is 3.27. The Kier molecular flexibility index (Phi) is 4.71. The Hall–Kier alpha value is -2.62. The molecule has 0 aromatic heterocycles. The first-order valence-electron chi connectivity index (χ1n) is 8.02. The zero-order valence-electron chi connectivity index (χ0n) is 13.0. The number of rotatable bonds is 3. The topological polar surface area (TPSA) is 67.5 Å². The second-order valence-corrected chi connectivity index (χ2v) is 5.84. The Bertz CT molecular complexity index is 710. The van der Waals surface area contributed by atoms with Crippen LogP contribution in [-0.2, 0) is 6.42 Å². The third kappa shape index (κ3) is 3.59. The molecule has 0 heterocycles. The molecule has 1 aliphatic rings. The monoisotopic (exact) mass is 307 g/mol. The summed E-state index contributed by atoms with van der Waals surface area (Å²) in [6, 6.07) is 17.9. The van der Waals surface area contributed by atoms with E-state index in [0.29, 0.717) is 0 Å². The molecule has 4 heteroatoms. The quantitative estimate of drug-likeness (QED) is 0.508. The summed E-state index contributed by atoms with van der Waals surface area (Å²) in [7, 11) is 0. The third-order valence-corrected chi connectivity index (χ3v) is 4.31. The number of nitrogens with zero attached hydrogens (tertiary/aromatic N) is 1. The average molecular weight is 307 g/mol. The summed E-state index contributed by atoms with van der Waals surface area (Å²) in [5.74, 6) is 0.169. The van der Waals surface area contributed by atoms with Gasteiger partial charge in [0.2, 0.25) is 0 Å². The van der Waals surface area contributed by atoms with E-state index in [9.17, 15) is 4.79 Å². The molecule has 0 bridgehead atoms. The Morgan fingerprint density at radius 3 is 2.57 bits per heavy atom. The number of nitrogens with two attached hydrogens (primary N) is 1. The smallest absolute Gasteiger partial charge is 0.332 e. The van der Waals surface area contributed by atoms with Gasteiger partial charge < -0.3 is 5.73 Å². The zero-order valence-corrected chi connectivity index (χ0v) is 13.0. The normalized spacial score (nSPS) is 17.9. The molecule has 2 aromatic carbocycles. The number of amides is 2. The first kappa shape index (κ1) is 15.3. The van der Waals surface area contributed by atoms with Gasteiger partial charge in [0.05, 0.1) is 5.71 Å². The van der Waals surface area contributed by atoms with Crippen molar-refractivity contribution in [2.45, 2.75) is 31.6 Å². The molecule has 0 radical (unpaired) electrons. The van der Waals surface area contributed by atoms with Crippen LogP contribution in [0.5, 0.6) is 0 Å². The molecule has 2 amide bonds. The van der Waals surface area contributed by atoms with E-state index in [1.165, 1.54) is 17.5 Å². The van der Waals surface area contributed by atoms with Crippen molar-refractivity contribution in [3.63, 3.8) is 0 Å². The Labute approximate surface area is 136 Å². The molecule has 4 nitrogen and oxygen atoms in total. The maximum absolute atomic E-state index is 11.1. The maximum Gasteiger partial charge on any atom is 0.332 e. The Morgan fingerprint density at radius 2 is 1.78 bits per heavy atom. The minimum atomic E-state index is -0.639. The van der Waals surface area contributed by atoms with Gasteiger partial charge in [-0.3, -0.25) is 0 Å². The van der Waals surface area contributed by atoms with Crippen molar-refractivity contribution in [1.82, 2.24) is 5.43 Å². The molecule has 23 heavy (non-hydrogen) atoms. The van der Waals surface area contributed by atoms with Crippen LogP contribution in [-0.4, -0.2) is 11.7 Å². The Balaban J connectivity index is 2.06. The van der Waals surface area contributed by atoms with Crippen molar-refractivity contribution in [2.24, 2.45) is 10.8 Å². The highest BCUT2D eigenvalue weighted by atomic mass is 16.2. The van der Waals surface area contributed by atoms with Crippen molar-refractivity contribution < 1.29 is 4.79 Å². The molecule has 0 aliphatic heterocycles. The number of hydrogen-bond donors (Lipinski definition) is 2. The first-order valence-corrected chi connectivity index (χ1v) is 8.02. The molecule has 118 valence electrons. The van der Waals surface area contributed by atoms with Crippen LogP contribution < -0.4 is 11.2 Å². The van der Waals surface area contributed by atoms with Crippen molar-refractivity contribution in [1.29, 1.82) is 0 Å². The van der Waals surface area contributed by atoms with Crippen molar-refractivity contribution in [3.8, 4) is 0 Å². The number of benzene rings is 2. The fraction of sp³-hybridized carbons (Fsp3) is 0.263. The lowest BCUT2D eigenvalue weighted by Gasteiger charge is -2.20. The summed E-state index contributed by atoms with van der Waals surface area (Å²) in [4.78, 5) is 11.1. The van der Waals surface area contributed by atoms with E-state index in [1.807, 2.05) is 30.3 Å². The molecule has 0 spiro atoms. The van der Waals surface area contributed by atoms with Gasteiger partial charge in [0, 0.05) is 5.92 Å². The van der Waals surface area contributed by atoms with Crippen molar-refractivity contribution in [3.05, 3.63) is 71.3 Å². The van der Waals surface area contributed by atoms with Crippen LogP contribution in [0.1, 0.15) is 41.9 Å². The number of hydrogen-bond acceptors (Lipinski definition) is 2. The summed E-state index contributed by atoms with van der Waals surface area (Å²) in [5, 5.41) is 4.35. The predicted octanol–water partition coefficient (Wildman–Crippen LogP) is 3.57. The van der Waals surface area contributed by atoms with E-state index >= 15 is 0 Å². The van der Waals surface area contributed by atoms with Gasteiger partial charge >= 0.3 is 6.03 Å². The van der Waals surface area contributed by atoms with Gasteiger partial charge in [-0.1, -0.05) is 61.0 Å².